The molecule has 0 fully saturated rings. The quantitative estimate of drug-likeness (QED) is 0.170. The van der Waals surface area contributed by atoms with Crippen molar-refractivity contribution >= 4 is 53.3 Å². The van der Waals surface area contributed by atoms with Crippen LogP contribution in [0.15, 0.2) is 188 Å². The summed E-state index contributed by atoms with van der Waals surface area (Å²) < 4.78 is 29.3. The van der Waals surface area contributed by atoms with Crippen LogP contribution < -0.4 is 0 Å². The second-order valence-electron chi connectivity index (χ2n) is 14.2. The zero-order valence-electron chi connectivity index (χ0n) is 33.6. The van der Waals surface area contributed by atoms with E-state index in [0.29, 0.717) is 23.0 Å². The van der Waals surface area contributed by atoms with Gasteiger partial charge in [-0.25, -0.2) is 15.0 Å². The number of thiophene rings is 1. The van der Waals surface area contributed by atoms with E-state index >= 15 is 0 Å². The van der Waals surface area contributed by atoms with E-state index in [2.05, 4.69) is 114 Å². The first kappa shape index (κ1) is 30.1. The van der Waals surface area contributed by atoms with Gasteiger partial charge in [-0.05, 0) is 59.9 Å². The third-order valence-corrected chi connectivity index (χ3v) is 12.0. The number of para-hydroxylation sites is 1. The SMILES string of the molecule is [2H]C([2H])([2H])c1ccc2c(c1)c1ccccc1n2-c1cc(-c2nc(-c3ccccc3)nc(-c3cccc(-c4cccc5c4sc4ccccc45)c3)n2)ccc1-c1ccccc1. The van der Waals surface area contributed by atoms with Crippen molar-refractivity contribution in [2.75, 3.05) is 0 Å². The van der Waals surface area contributed by atoms with Crippen LogP contribution in [-0.4, -0.2) is 19.5 Å². The fraction of sp³-hybridized carbons (Fsp3) is 0.0192. The summed E-state index contributed by atoms with van der Waals surface area (Å²) in [5, 5.41) is 4.37. The minimum absolute atomic E-state index is 0.311. The third kappa shape index (κ3) is 5.71. The Morgan fingerprint density at radius 2 is 1.04 bits per heavy atom. The molecule has 0 bridgehead atoms. The van der Waals surface area contributed by atoms with E-state index in [1.807, 2.05) is 84.1 Å². The molecule has 3 heterocycles. The summed E-state index contributed by atoms with van der Waals surface area (Å²) in [6.45, 7) is -2.23. The van der Waals surface area contributed by atoms with Crippen molar-refractivity contribution in [2.24, 2.45) is 0 Å². The predicted molar refractivity (Wildman–Crippen MR) is 239 cm³/mol. The molecule has 11 rings (SSSR count). The van der Waals surface area contributed by atoms with Crippen molar-refractivity contribution < 1.29 is 4.11 Å². The largest absolute Gasteiger partial charge is 0.309 e. The molecular formula is C52H34N4S. The smallest absolute Gasteiger partial charge is 0.164 e. The highest BCUT2D eigenvalue weighted by molar-refractivity contribution is 7.26. The van der Waals surface area contributed by atoms with E-state index in [0.717, 1.165) is 60.9 Å². The first-order chi connectivity index (χ1) is 29.4. The fourth-order valence-corrected chi connectivity index (χ4v) is 9.34. The Hall–Kier alpha value is -7.21. The number of aromatic nitrogens is 4. The van der Waals surface area contributed by atoms with Crippen molar-refractivity contribution in [3.05, 3.63) is 194 Å². The molecule has 0 unspecified atom stereocenters. The van der Waals surface area contributed by atoms with E-state index in [1.165, 1.54) is 25.7 Å². The lowest BCUT2D eigenvalue weighted by atomic mass is 10.00. The molecule has 0 atom stereocenters. The minimum Gasteiger partial charge on any atom is -0.309 e. The molecule has 0 amide bonds. The van der Waals surface area contributed by atoms with Crippen LogP contribution in [0.2, 0.25) is 0 Å². The number of nitrogens with zero attached hydrogens (tertiary/aromatic N) is 4. The van der Waals surface area contributed by atoms with E-state index in [-0.39, 0.29) is 0 Å². The second-order valence-corrected chi connectivity index (χ2v) is 15.3. The Bertz CT molecular complexity index is 3430. The average molecular weight is 750 g/mol. The summed E-state index contributed by atoms with van der Waals surface area (Å²) in [6.07, 6.45) is 0. The number of fused-ring (bicyclic) bond motifs is 6. The minimum atomic E-state index is -2.23. The maximum absolute atomic E-state index is 8.17. The molecular weight excluding hydrogens is 713 g/mol. The molecule has 4 nitrogen and oxygen atoms in total. The first-order valence-electron chi connectivity index (χ1n) is 20.4. The van der Waals surface area contributed by atoms with Crippen LogP contribution in [0.4, 0.5) is 0 Å². The summed E-state index contributed by atoms with van der Waals surface area (Å²) >= 11 is 1.82. The van der Waals surface area contributed by atoms with Gasteiger partial charge in [0.05, 0.1) is 16.7 Å². The van der Waals surface area contributed by atoms with Crippen LogP contribution in [0.5, 0.6) is 0 Å². The predicted octanol–water partition coefficient (Wildman–Crippen LogP) is 14.0. The van der Waals surface area contributed by atoms with Crippen molar-refractivity contribution in [1.29, 1.82) is 0 Å². The van der Waals surface area contributed by atoms with Gasteiger partial charge < -0.3 is 4.57 Å². The Morgan fingerprint density at radius 1 is 0.421 bits per heavy atom. The number of hydrogen-bond donors (Lipinski definition) is 0. The summed E-state index contributed by atoms with van der Waals surface area (Å²) in [4.78, 5) is 15.5. The normalized spacial score (nSPS) is 12.6. The number of rotatable bonds is 6. The van der Waals surface area contributed by atoms with Gasteiger partial charge in [-0.1, -0.05) is 157 Å². The molecule has 0 aliphatic heterocycles. The van der Waals surface area contributed by atoms with Crippen molar-refractivity contribution in [3.63, 3.8) is 0 Å². The van der Waals surface area contributed by atoms with Gasteiger partial charge in [0, 0.05) is 57.3 Å². The van der Waals surface area contributed by atoms with Crippen molar-refractivity contribution in [1.82, 2.24) is 19.5 Å². The van der Waals surface area contributed by atoms with Gasteiger partial charge in [-0.3, -0.25) is 0 Å². The van der Waals surface area contributed by atoms with Crippen LogP contribution in [0, 0.1) is 6.85 Å². The Labute approximate surface area is 338 Å². The van der Waals surface area contributed by atoms with Gasteiger partial charge in [-0.15, -0.1) is 11.3 Å². The molecule has 0 saturated heterocycles. The summed E-state index contributed by atoms with van der Waals surface area (Å²) in [5.41, 5.74) is 10.0. The maximum atomic E-state index is 8.17. The van der Waals surface area contributed by atoms with E-state index in [9.17, 15) is 0 Å². The van der Waals surface area contributed by atoms with Gasteiger partial charge in [0.2, 0.25) is 0 Å². The van der Waals surface area contributed by atoms with Gasteiger partial charge in [0.1, 0.15) is 0 Å². The fourth-order valence-electron chi connectivity index (χ4n) is 8.10. The number of aryl methyl sites for hydroxylation is 1. The highest BCUT2D eigenvalue weighted by Gasteiger charge is 2.20. The summed E-state index contributed by atoms with van der Waals surface area (Å²) in [6, 6.07) is 64.0. The van der Waals surface area contributed by atoms with Gasteiger partial charge in [-0.2, -0.15) is 0 Å². The first-order valence-corrected chi connectivity index (χ1v) is 19.8. The molecule has 57 heavy (non-hydrogen) atoms. The Balaban J connectivity index is 1.12. The maximum Gasteiger partial charge on any atom is 0.164 e. The van der Waals surface area contributed by atoms with Crippen LogP contribution in [0.1, 0.15) is 9.68 Å². The molecule has 0 N–H and O–H groups in total. The van der Waals surface area contributed by atoms with Gasteiger partial charge in [0.15, 0.2) is 17.5 Å². The van der Waals surface area contributed by atoms with Crippen molar-refractivity contribution in [3.8, 4) is 62.1 Å². The molecule has 0 spiro atoms. The topological polar surface area (TPSA) is 43.6 Å². The lowest BCUT2D eigenvalue weighted by molar-refractivity contribution is 1.07. The molecule has 3 aromatic heterocycles. The van der Waals surface area contributed by atoms with Crippen LogP contribution in [-0.2, 0) is 0 Å². The Kier molecular flexibility index (Phi) is 7.13. The molecule has 0 aliphatic carbocycles. The van der Waals surface area contributed by atoms with Crippen LogP contribution >= 0.6 is 11.3 Å². The average Bonchev–Trinajstić information content (AvgIpc) is 3.85. The van der Waals surface area contributed by atoms with Crippen LogP contribution in [0.3, 0.4) is 0 Å². The zero-order valence-corrected chi connectivity index (χ0v) is 31.4. The standard InChI is InChI=1S/C52H34N4S/c1-33-26-29-46-44(30-33)41-20-8-10-24-45(41)56(46)47-32-38(27-28-39(47)34-14-4-2-5-15-34)52-54-50(35-16-6-3-7-17-35)53-51(55-52)37-19-12-18-36(31-37)40-22-13-23-43-42-21-9-11-25-48(42)57-49(40)43/h2-32H,1H3/i1D3. The van der Waals surface area contributed by atoms with E-state index in [1.54, 1.807) is 6.07 Å². The summed E-state index contributed by atoms with van der Waals surface area (Å²) in [5.74, 6) is 1.70. The number of hydrogen-bond acceptors (Lipinski definition) is 4. The Morgan fingerprint density at radius 3 is 1.84 bits per heavy atom. The lowest BCUT2D eigenvalue weighted by Gasteiger charge is -2.16. The van der Waals surface area contributed by atoms with E-state index in [4.69, 9.17) is 19.1 Å². The van der Waals surface area contributed by atoms with E-state index < -0.39 is 6.85 Å². The van der Waals surface area contributed by atoms with Crippen molar-refractivity contribution in [2.45, 2.75) is 6.85 Å². The molecule has 0 saturated carbocycles. The molecule has 0 radical (unpaired) electrons. The molecule has 0 aliphatic rings. The lowest BCUT2D eigenvalue weighted by Crippen LogP contribution is -2.02. The van der Waals surface area contributed by atoms with Gasteiger partial charge >= 0.3 is 0 Å². The molecule has 5 heteroatoms. The monoisotopic (exact) mass is 749 g/mol. The summed E-state index contributed by atoms with van der Waals surface area (Å²) in [7, 11) is 0. The highest BCUT2D eigenvalue weighted by Crippen LogP contribution is 2.41. The molecule has 8 aromatic carbocycles. The second kappa shape index (κ2) is 13.5. The zero-order chi connectivity index (χ0) is 40.4. The molecule has 11 aromatic rings. The molecule has 268 valence electrons. The highest BCUT2D eigenvalue weighted by atomic mass is 32.1. The number of benzene rings is 8. The van der Waals surface area contributed by atoms with Gasteiger partial charge in [0.25, 0.3) is 0 Å². The van der Waals surface area contributed by atoms with Crippen LogP contribution in [0.25, 0.3) is 104 Å². The third-order valence-electron chi connectivity index (χ3n) is 10.8.